The van der Waals surface area contributed by atoms with Crippen molar-refractivity contribution in [3.63, 3.8) is 0 Å². The molecule has 1 aromatic heterocycles. The van der Waals surface area contributed by atoms with Crippen LogP contribution in [0.1, 0.15) is 10.4 Å². The number of carboxylic acid groups (broad SMARTS) is 1. The average Bonchev–Trinajstić information content (AvgIpc) is 2.74. The summed E-state index contributed by atoms with van der Waals surface area (Å²) in [5.74, 6) is -2.17. The van der Waals surface area contributed by atoms with Crippen molar-refractivity contribution < 1.29 is 24.7 Å². The number of nitrogens with one attached hydrogen (secondary N) is 1. The summed E-state index contributed by atoms with van der Waals surface area (Å²) >= 11 is 0.759. The molecule has 8 nitrogen and oxygen atoms in total. The number of nitrogens with zero attached hydrogens (tertiary/aromatic N) is 1. The van der Waals surface area contributed by atoms with E-state index in [-0.39, 0.29) is 10.6 Å². The molecule has 0 aromatic carbocycles. The third-order valence-electron chi connectivity index (χ3n) is 1.81. The molecule has 0 saturated heterocycles. The standard InChI is InChI=1S/C8H8N2O6S/c11-2-5(8(13)14)9-7(12)4-1-6(10(15)16)17-3-4/h1,3,5,11H,2H2,(H,9,12)(H,13,14)/t5-/m0/s1. The van der Waals surface area contributed by atoms with Crippen LogP contribution in [-0.4, -0.2) is 39.7 Å². The maximum atomic E-state index is 11.5. The minimum absolute atomic E-state index is 0.0126. The van der Waals surface area contributed by atoms with Crippen molar-refractivity contribution >= 4 is 28.2 Å². The molecule has 0 aliphatic carbocycles. The minimum Gasteiger partial charge on any atom is -0.480 e. The molecular weight excluding hydrogens is 252 g/mol. The minimum atomic E-state index is -1.43. The summed E-state index contributed by atoms with van der Waals surface area (Å²) in [6.45, 7) is -0.757. The van der Waals surface area contributed by atoms with Gasteiger partial charge in [0.25, 0.3) is 5.91 Å². The van der Waals surface area contributed by atoms with Gasteiger partial charge in [0, 0.05) is 11.4 Å². The van der Waals surface area contributed by atoms with Crippen LogP contribution in [0.5, 0.6) is 0 Å². The van der Waals surface area contributed by atoms with Crippen molar-refractivity contribution in [2.24, 2.45) is 0 Å². The van der Waals surface area contributed by atoms with Crippen molar-refractivity contribution in [3.05, 3.63) is 27.1 Å². The number of thiophene rings is 1. The monoisotopic (exact) mass is 260 g/mol. The van der Waals surface area contributed by atoms with Gasteiger partial charge < -0.3 is 15.5 Å². The molecule has 3 N–H and O–H groups in total. The predicted octanol–water partition coefficient (Wildman–Crippen LogP) is -0.168. The molecule has 17 heavy (non-hydrogen) atoms. The molecule has 1 atom stereocenters. The smallest absolute Gasteiger partial charge is 0.328 e. The number of hydrogen-bond acceptors (Lipinski definition) is 6. The highest BCUT2D eigenvalue weighted by atomic mass is 32.1. The van der Waals surface area contributed by atoms with Crippen molar-refractivity contribution in [3.8, 4) is 0 Å². The van der Waals surface area contributed by atoms with Gasteiger partial charge in [-0.05, 0) is 0 Å². The van der Waals surface area contributed by atoms with Crippen LogP contribution < -0.4 is 5.32 Å². The number of rotatable bonds is 5. The van der Waals surface area contributed by atoms with Crippen LogP contribution in [0, 0.1) is 10.1 Å². The van der Waals surface area contributed by atoms with Gasteiger partial charge in [-0.2, -0.15) is 0 Å². The van der Waals surface area contributed by atoms with Crippen molar-refractivity contribution in [1.82, 2.24) is 5.32 Å². The summed E-state index contributed by atoms with van der Waals surface area (Å²) in [6, 6.07) is -0.391. The van der Waals surface area contributed by atoms with Crippen molar-refractivity contribution in [1.29, 1.82) is 0 Å². The lowest BCUT2D eigenvalue weighted by Gasteiger charge is -2.10. The zero-order valence-corrected chi connectivity index (χ0v) is 9.14. The zero-order chi connectivity index (χ0) is 13.0. The Kier molecular flexibility index (Phi) is 4.12. The molecule has 0 unspecified atom stereocenters. The Bertz CT molecular complexity index is 457. The summed E-state index contributed by atoms with van der Waals surface area (Å²) in [5, 5.41) is 30.7. The number of carbonyl (C=O) groups excluding carboxylic acids is 1. The van der Waals surface area contributed by atoms with Crippen molar-refractivity contribution in [2.45, 2.75) is 6.04 Å². The van der Waals surface area contributed by atoms with Crippen LogP contribution >= 0.6 is 11.3 Å². The lowest BCUT2D eigenvalue weighted by Crippen LogP contribution is -2.43. The number of aliphatic hydroxyl groups is 1. The first-order valence-electron chi connectivity index (χ1n) is 4.33. The first-order valence-corrected chi connectivity index (χ1v) is 5.21. The van der Waals surface area contributed by atoms with Crippen LogP contribution in [0.3, 0.4) is 0 Å². The lowest BCUT2D eigenvalue weighted by atomic mass is 10.2. The largest absolute Gasteiger partial charge is 0.480 e. The topological polar surface area (TPSA) is 130 Å². The van der Waals surface area contributed by atoms with Gasteiger partial charge in [0.2, 0.25) is 0 Å². The van der Waals surface area contributed by atoms with E-state index < -0.39 is 29.4 Å². The fourth-order valence-electron chi connectivity index (χ4n) is 0.967. The Hall–Kier alpha value is -2.00. The molecule has 1 aromatic rings. The van der Waals surface area contributed by atoms with Gasteiger partial charge in [-0.1, -0.05) is 11.3 Å². The van der Waals surface area contributed by atoms with Gasteiger partial charge in [-0.15, -0.1) is 0 Å². The molecule has 0 radical (unpaired) electrons. The molecule has 0 spiro atoms. The quantitative estimate of drug-likeness (QED) is 0.497. The van der Waals surface area contributed by atoms with E-state index in [1.807, 2.05) is 5.32 Å². The molecule has 92 valence electrons. The predicted molar refractivity (Wildman–Crippen MR) is 56.9 cm³/mol. The van der Waals surface area contributed by atoms with Crippen LogP contribution in [0.15, 0.2) is 11.4 Å². The number of amides is 1. The number of carboxylic acids is 1. The fraction of sp³-hybridized carbons (Fsp3) is 0.250. The lowest BCUT2D eigenvalue weighted by molar-refractivity contribution is -0.380. The highest BCUT2D eigenvalue weighted by Gasteiger charge is 2.21. The summed E-state index contributed by atoms with van der Waals surface area (Å²) < 4.78 is 0. The van der Waals surface area contributed by atoms with E-state index in [0.717, 1.165) is 17.4 Å². The third-order valence-corrected chi connectivity index (χ3v) is 2.69. The maximum absolute atomic E-state index is 11.5. The number of aliphatic hydroxyl groups excluding tert-OH is 1. The van der Waals surface area contributed by atoms with Crippen LogP contribution in [0.4, 0.5) is 5.00 Å². The second-order valence-corrected chi connectivity index (χ2v) is 3.87. The normalized spacial score (nSPS) is 11.8. The zero-order valence-electron chi connectivity index (χ0n) is 8.32. The summed E-state index contributed by atoms with van der Waals surface area (Å²) in [6.07, 6.45) is 0. The molecule has 9 heteroatoms. The van der Waals surface area contributed by atoms with Gasteiger partial charge in [0.15, 0.2) is 6.04 Å². The molecule has 0 bridgehead atoms. The molecule has 1 amide bonds. The Morgan fingerprint density at radius 1 is 1.59 bits per heavy atom. The maximum Gasteiger partial charge on any atom is 0.328 e. The molecule has 1 heterocycles. The Morgan fingerprint density at radius 3 is 2.65 bits per heavy atom. The van der Waals surface area contributed by atoms with E-state index in [1.54, 1.807) is 0 Å². The summed E-state index contributed by atoms with van der Waals surface area (Å²) in [5.41, 5.74) is -0.0126. The van der Waals surface area contributed by atoms with E-state index in [0.29, 0.717) is 0 Å². The van der Waals surface area contributed by atoms with E-state index >= 15 is 0 Å². The first-order chi connectivity index (χ1) is 7.95. The molecule has 0 aliphatic rings. The second kappa shape index (κ2) is 5.37. The molecule has 0 saturated carbocycles. The van der Waals surface area contributed by atoms with Gasteiger partial charge in [0.05, 0.1) is 17.1 Å². The molecule has 1 rings (SSSR count). The van der Waals surface area contributed by atoms with E-state index in [9.17, 15) is 19.7 Å². The first kappa shape index (κ1) is 13.1. The molecule has 0 fully saturated rings. The van der Waals surface area contributed by atoms with E-state index in [4.69, 9.17) is 10.2 Å². The van der Waals surface area contributed by atoms with E-state index in [1.165, 1.54) is 5.38 Å². The van der Waals surface area contributed by atoms with Gasteiger partial charge in [0.1, 0.15) is 0 Å². The van der Waals surface area contributed by atoms with E-state index in [2.05, 4.69) is 0 Å². The van der Waals surface area contributed by atoms with Crippen LogP contribution in [0.25, 0.3) is 0 Å². The molecular formula is C8H8N2O6S. The Morgan fingerprint density at radius 2 is 2.24 bits per heavy atom. The number of aliphatic carboxylic acids is 1. The van der Waals surface area contributed by atoms with Gasteiger partial charge in [-0.3, -0.25) is 14.9 Å². The Labute approximate surface area is 98.6 Å². The van der Waals surface area contributed by atoms with Crippen LogP contribution in [-0.2, 0) is 4.79 Å². The second-order valence-electron chi connectivity index (χ2n) is 2.98. The van der Waals surface area contributed by atoms with Crippen LogP contribution in [0.2, 0.25) is 0 Å². The fourth-order valence-corrected chi connectivity index (χ4v) is 1.67. The highest BCUT2D eigenvalue weighted by molar-refractivity contribution is 7.13. The SMILES string of the molecule is O=C(N[C@@H](CO)C(=O)O)c1csc([N+](=O)[O-])c1. The van der Waals surface area contributed by atoms with Crippen molar-refractivity contribution in [2.75, 3.05) is 6.61 Å². The highest BCUT2D eigenvalue weighted by Crippen LogP contribution is 2.22. The molecule has 0 aliphatic heterocycles. The number of nitro groups is 1. The number of hydrogen-bond donors (Lipinski definition) is 3. The van der Waals surface area contributed by atoms with Gasteiger partial charge in [-0.25, -0.2) is 4.79 Å². The van der Waals surface area contributed by atoms with Gasteiger partial charge >= 0.3 is 11.0 Å². The average molecular weight is 260 g/mol. The number of carbonyl (C=O) groups is 2. The third kappa shape index (κ3) is 3.23. The summed E-state index contributed by atoms with van der Waals surface area (Å²) in [4.78, 5) is 31.7. The Balaban J connectivity index is 2.75. The summed E-state index contributed by atoms with van der Waals surface area (Å²) in [7, 11) is 0.